The molecule has 0 unspecified atom stereocenters. The minimum absolute atomic E-state index is 0.174. The van der Waals surface area contributed by atoms with E-state index >= 15 is 0 Å². The third-order valence-corrected chi connectivity index (χ3v) is 3.67. The van der Waals surface area contributed by atoms with Crippen LogP contribution in [0.15, 0.2) is 18.2 Å². The molecule has 0 saturated heterocycles. The molecule has 0 radical (unpaired) electrons. The lowest BCUT2D eigenvalue weighted by molar-refractivity contribution is -0.137. The molecule has 0 atom stereocenters. The summed E-state index contributed by atoms with van der Waals surface area (Å²) in [4.78, 5) is 22.3. The summed E-state index contributed by atoms with van der Waals surface area (Å²) in [5, 5.41) is 19.2. The van der Waals surface area contributed by atoms with E-state index in [9.17, 15) is 14.7 Å². The lowest BCUT2D eigenvalue weighted by atomic mass is 10.1. The van der Waals surface area contributed by atoms with E-state index < -0.39 is 11.9 Å². The van der Waals surface area contributed by atoms with Gasteiger partial charge in [-0.1, -0.05) is 12.1 Å². The molecule has 2 aromatic rings. The maximum Gasteiger partial charge on any atom is 0.337 e. The molecule has 0 saturated carbocycles. The fraction of sp³-hybridized carbons (Fsp3) is 0.286. The quantitative estimate of drug-likeness (QED) is 0.882. The van der Waals surface area contributed by atoms with Crippen molar-refractivity contribution in [2.75, 3.05) is 0 Å². The number of benzene rings is 1. The van der Waals surface area contributed by atoms with E-state index in [2.05, 4.69) is 0 Å². The summed E-state index contributed by atoms with van der Waals surface area (Å²) < 4.78 is 1.66. The zero-order valence-electron chi connectivity index (χ0n) is 10.2. The minimum atomic E-state index is -1.02. The van der Waals surface area contributed by atoms with Gasteiger partial charge in [0.2, 0.25) is 0 Å². The van der Waals surface area contributed by atoms with Crippen molar-refractivity contribution in [2.45, 2.75) is 25.8 Å². The van der Waals surface area contributed by atoms with Crippen molar-refractivity contribution in [3.63, 3.8) is 0 Å². The lowest BCUT2D eigenvalue weighted by Crippen LogP contribution is -2.12. The Balaban J connectivity index is 2.37. The number of nitrogens with zero attached hydrogens (tertiary/aromatic N) is 1. The number of aryl methyl sites for hydroxylation is 1. The second-order valence-electron chi connectivity index (χ2n) is 4.77. The molecule has 5 heteroatoms. The maximum absolute atomic E-state index is 11.3. The monoisotopic (exact) mass is 259 g/mol. The average molecular weight is 259 g/mol. The zero-order valence-corrected chi connectivity index (χ0v) is 10.2. The number of aromatic carboxylic acids is 1. The molecule has 3 rings (SSSR count). The summed E-state index contributed by atoms with van der Waals surface area (Å²) in [6, 6.07) is 5.12. The molecular formula is C14H13NO4. The molecule has 98 valence electrons. The summed E-state index contributed by atoms with van der Waals surface area (Å²) in [6.07, 6.45) is 2.70. The highest BCUT2D eigenvalue weighted by Gasteiger charge is 2.25. The van der Waals surface area contributed by atoms with Gasteiger partial charge >= 0.3 is 11.9 Å². The number of aromatic nitrogens is 1. The van der Waals surface area contributed by atoms with E-state index in [1.54, 1.807) is 10.6 Å². The van der Waals surface area contributed by atoms with Gasteiger partial charge in [0.1, 0.15) is 6.54 Å². The number of carbonyl (C=O) groups is 2. The molecule has 1 heterocycles. The number of rotatable bonds is 3. The van der Waals surface area contributed by atoms with E-state index in [1.807, 2.05) is 6.07 Å². The van der Waals surface area contributed by atoms with E-state index in [4.69, 9.17) is 5.11 Å². The average Bonchev–Trinajstić information content (AvgIpc) is 2.92. The SMILES string of the molecule is O=C(O)Cn1c2c(c3cccc(C(=O)O)c31)CCC2. The number of aliphatic carboxylic acids is 1. The van der Waals surface area contributed by atoms with Gasteiger partial charge in [-0.15, -0.1) is 0 Å². The van der Waals surface area contributed by atoms with Gasteiger partial charge in [0, 0.05) is 11.1 Å². The standard InChI is InChI=1S/C14H13NO4/c16-12(17)7-15-11-6-2-3-8(11)9-4-1-5-10(13(9)15)14(18)19/h1,4-5H,2-3,6-7H2,(H,16,17)(H,18,19). The normalized spacial score (nSPS) is 13.7. The summed E-state index contributed by atoms with van der Waals surface area (Å²) in [7, 11) is 0. The third-order valence-electron chi connectivity index (χ3n) is 3.67. The van der Waals surface area contributed by atoms with Crippen molar-refractivity contribution in [1.29, 1.82) is 0 Å². The molecule has 0 fully saturated rings. The van der Waals surface area contributed by atoms with Crippen LogP contribution >= 0.6 is 0 Å². The van der Waals surface area contributed by atoms with Gasteiger partial charge in [0.05, 0.1) is 11.1 Å². The molecule has 19 heavy (non-hydrogen) atoms. The molecule has 1 aliphatic carbocycles. The van der Waals surface area contributed by atoms with Gasteiger partial charge in [0.15, 0.2) is 0 Å². The van der Waals surface area contributed by atoms with Gasteiger partial charge in [-0.25, -0.2) is 4.79 Å². The first-order chi connectivity index (χ1) is 9.09. The summed E-state index contributed by atoms with van der Waals surface area (Å²) in [6.45, 7) is -0.184. The maximum atomic E-state index is 11.3. The van der Waals surface area contributed by atoms with E-state index in [0.29, 0.717) is 5.52 Å². The second kappa shape index (κ2) is 4.12. The summed E-state index contributed by atoms with van der Waals surface area (Å²) in [5.41, 5.74) is 2.81. The highest BCUT2D eigenvalue weighted by Crippen LogP contribution is 2.34. The predicted molar refractivity (Wildman–Crippen MR) is 68.6 cm³/mol. The van der Waals surface area contributed by atoms with Gasteiger partial charge in [0.25, 0.3) is 0 Å². The first kappa shape index (κ1) is 11.8. The zero-order chi connectivity index (χ0) is 13.6. The second-order valence-corrected chi connectivity index (χ2v) is 4.77. The summed E-state index contributed by atoms with van der Waals surface area (Å²) >= 11 is 0. The number of carboxylic acids is 2. The highest BCUT2D eigenvalue weighted by molar-refractivity contribution is 6.04. The molecular weight excluding hydrogens is 246 g/mol. The van der Waals surface area contributed by atoms with Gasteiger partial charge in [-0.3, -0.25) is 4.79 Å². The Morgan fingerprint density at radius 1 is 1.21 bits per heavy atom. The van der Waals surface area contributed by atoms with Crippen molar-refractivity contribution >= 4 is 22.8 Å². The number of fused-ring (bicyclic) bond motifs is 3. The van der Waals surface area contributed by atoms with Gasteiger partial charge in [-0.2, -0.15) is 0 Å². The van der Waals surface area contributed by atoms with Crippen LogP contribution in [0.25, 0.3) is 10.9 Å². The topological polar surface area (TPSA) is 79.5 Å². The van der Waals surface area contributed by atoms with E-state index in [0.717, 1.165) is 35.9 Å². The van der Waals surface area contributed by atoms with Crippen LogP contribution in [0, 0.1) is 0 Å². The van der Waals surface area contributed by atoms with Crippen LogP contribution in [0.3, 0.4) is 0 Å². The van der Waals surface area contributed by atoms with Crippen LogP contribution in [-0.2, 0) is 24.2 Å². The van der Waals surface area contributed by atoms with Crippen molar-refractivity contribution in [3.05, 3.63) is 35.0 Å². The number of carboxylic acid groups (broad SMARTS) is 2. The molecule has 5 nitrogen and oxygen atoms in total. The molecule has 0 amide bonds. The highest BCUT2D eigenvalue weighted by atomic mass is 16.4. The Bertz CT molecular complexity index is 699. The van der Waals surface area contributed by atoms with E-state index in [1.165, 1.54) is 6.07 Å². The van der Waals surface area contributed by atoms with E-state index in [-0.39, 0.29) is 12.1 Å². The Labute approximate surface area is 109 Å². The molecule has 0 spiro atoms. The Morgan fingerprint density at radius 2 is 2.00 bits per heavy atom. The molecule has 2 N–H and O–H groups in total. The van der Waals surface area contributed by atoms with Crippen LogP contribution in [0.5, 0.6) is 0 Å². The van der Waals surface area contributed by atoms with Gasteiger partial charge < -0.3 is 14.8 Å². The molecule has 1 aromatic heterocycles. The van der Waals surface area contributed by atoms with Crippen LogP contribution in [0.4, 0.5) is 0 Å². The van der Waals surface area contributed by atoms with Crippen LogP contribution in [0.1, 0.15) is 28.0 Å². The number of hydrogen-bond donors (Lipinski definition) is 2. The fourth-order valence-electron chi connectivity index (χ4n) is 3.01. The Morgan fingerprint density at radius 3 is 2.68 bits per heavy atom. The molecule has 0 bridgehead atoms. The number of hydrogen-bond acceptors (Lipinski definition) is 2. The smallest absolute Gasteiger partial charge is 0.337 e. The summed E-state index contributed by atoms with van der Waals surface area (Å²) in [5.74, 6) is -1.97. The molecule has 1 aliphatic rings. The first-order valence-electron chi connectivity index (χ1n) is 6.17. The fourth-order valence-corrected chi connectivity index (χ4v) is 3.01. The predicted octanol–water partition coefficient (Wildman–Crippen LogP) is 1.91. The van der Waals surface area contributed by atoms with Crippen LogP contribution < -0.4 is 0 Å². The van der Waals surface area contributed by atoms with Crippen molar-refractivity contribution in [3.8, 4) is 0 Å². The minimum Gasteiger partial charge on any atom is -0.480 e. The first-order valence-corrected chi connectivity index (χ1v) is 6.17. The largest absolute Gasteiger partial charge is 0.480 e. The number of para-hydroxylation sites is 1. The third kappa shape index (κ3) is 1.69. The molecule has 0 aliphatic heterocycles. The lowest BCUT2D eigenvalue weighted by Gasteiger charge is -2.08. The van der Waals surface area contributed by atoms with Gasteiger partial charge in [-0.05, 0) is 30.9 Å². The Kier molecular flexibility index (Phi) is 2.55. The van der Waals surface area contributed by atoms with Crippen molar-refractivity contribution in [1.82, 2.24) is 4.57 Å². The van der Waals surface area contributed by atoms with Crippen molar-refractivity contribution in [2.24, 2.45) is 0 Å². The van der Waals surface area contributed by atoms with Crippen LogP contribution in [0.2, 0.25) is 0 Å². The van der Waals surface area contributed by atoms with Crippen molar-refractivity contribution < 1.29 is 19.8 Å². The molecule has 1 aromatic carbocycles. The van der Waals surface area contributed by atoms with Crippen LogP contribution in [-0.4, -0.2) is 26.7 Å². The Hall–Kier alpha value is -2.30.